The Bertz CT molecular complexity index is 1540. The van der Waals surface area contributed by atoms with Crippen LogP contribution in [0.1, 0.15) is 5.56 Å². The number of aromatic nitrogens is 3. The van der Waals surface area contributed by atoms with E-state index in [1.807, 2.05) is 42.5 Å². The summed E-state index contributed by atoms with van der Waals surface area (Å²) in [6.45, 7) is 0.337. The van der Waals surface area contributed by atoms with Gasteiger partial charge in [-0.3, -0.25) is 0 Å². The SMILES string of the molecule is COc1ccc(Cn2c(N)c(S(=O)(=O)c3ccccc3)c3nc4ccccc4nc32)cc1. The molecule has 2 N–H and O–H groups in total. The third-order valence-corrected chi connectivity index (χ3v) is 7.20. The second kappa shape index (κ2) is 7.65. The summed E-state index contributed by atoms with van der Waals surface area (Å²) < 4.78 is 34.1. The number of nitrogen functional groups attached to an aromatic ring is 1. The number of benzene rings is 3. The zero-order valence-corrected chi connectivity index (χ0v) is 18.1. The first-order chi connectivity index (χ1) is 15.5. The molecule has 0 saturated carbocycles. The predicted octanol–water partition coefficient (Wildman–Crippen LogP) is 4.06. The van der Waals surface area contributed by atoms with Crippen LogP contribution in [-0.2, 0) is 16.4 Å². The van der Waals surface area contributed by atoms with Crippen LogP contribution in [0.15, 0.2) is 88.7 Å². The summed E-state index contributed by atoms with van der Waals surface area (Å²) in [6, 6.07) is 23.1. The number of nitrogens with zero attached hydrogens (tertiary/aromatic N) is 3. The maximum absolute atomic E-state index is 13.6. The first kappa shape index (κ1) is 20.0. The summed E-state index contributed by atoms with van der Waals surface area (Å²) in [5, 5.41) is 0. The molecule has 5 rings (SSSR count). The van der Waals surface area contributed by atoms with Crippen molar-refractivity contribution in [3.05, 3.63) is 84.4 Å². The van der Waals surface area contributed by atoms with Crippen molar-refractivity contribution < 1.29 is 13.2 Å². The van der Waals surface area contributed by atoms with Crippen molar-refractivity contribution in [3.63, 3.8) is 0 Å². The summed E-state index contributed by atoms with van der Waals surface area (Å²) in [6.07, 6.45) is 0. The Balaban J connectivity index is 1.78. The molecule has 2 heterocycles. The molecule has 3 aromatic carbocycles. The number of hydrogen-bond acceptors (Lipinski definition) is 6. The van der Waals surface area contributed by atoms with Gasteiger partial charge < -0.3 is 15.0 Å². The van der Waals surface area contributed by atoms with E-state index in [-0.39, 0.29) is 21.1 Å². The number of ether oxygens (including phenoxy) is 1. The standard InChI is InChI=1S/C24H20N4O3S/c1-31-17-13-11-16(12-14-17)15-28-23(25)22(32(29,30)18-7-3-2-4-8-18)21-24(28)27-20-10-6-5-9-19(20)26-21/h2-14H,15,25H2,1H3. The summed E-state index contributed by atoms with van der Waals surface area (Å²) in [4.78, 5) is 9.52. The van der Waals surface area contributed by atoms with Gasteiger partial charge in [0.1, 0.15) is 22.0 Å². The van der Waals surface area contributed by atoms with Gasteiger partial charge in [-0.1, -0.05) is 42.5 Å². The van der Waals surface area contributed by atoms with Crippen LogP contribution in [0.4, 0.5) is 5.82 Å². The van der Waals surface area contributed by atoms with Gasteiger partial charge in [0.25, 0.3) is 0 Å². The highest BCUT2D eigenvalue weighted by Gasteiger charge is 2.30. The quantitative estimate of drug-likeness (QED) is 0.439. The third-order valence-electron chi connectivity index (χ3n) is 5.37. The van der Waals surface area contributed by atoms with Crippen LogP contribution in [0.5, 0.6) is 5.75 Å². The molecule has 7 nitrogen and oxygen atoms in total. The molecule has 8 heteroatoms. The Kier molecular flexibility index (Phi) is 4.79. The molecule has 0 fully saturated rings. The predicted molar refractivity (Wildman–Crippen MR) is 123 cm³/mol. The molecule has 0 bridgehead atoms. The molecule has 0 unspecified atom stereocenters. The first-order valence-electron chi connectivity index (χ1n) is 9.96. The van der Waals surface area contributed by atoms with Gasteiger partial charge in [-0.2, -0.15) is 0 Å². The minimum atomic E-state index is -3.92. The van der Waals surface area contributed by atoms with Crippen molar-refractivity contribution in [3.8, 4) is 5.75 Å². The number of rotatable bonds is 5. The Morgan fingerprint density at radius 3 is 2.16 bits per heavy atom. The van der Waals surface area contributed by atoms with E-state index < -0.39 is 9.84 Å². The fourth-order valence-electron chi connectivity index (χ4n) is 3.75. The van der Waals surface area contributed by atoms with Gasteiger partial charge in [-0.05, 0) is 42.0 Å². The zero-order chi connectivity index (χ0) is 22.3. The van der Waals surface area contributed by atoms with Crippen LogP contribution in [0.3, 0.4) is 0 Å². The van der Waals surface area contributed by atoms with E-state index in [0.717, 1.165) is 11.3 Å². The maximum atomic E-state index is 13.6. The normalized spacial score (nSPS) is 11.8. The Hall–Kier alpha value is -3.91. The lowest BCUT2D eigenvalue weighted by atomic mass is 10.2. The van der Waals surface area contributed by atoms with E-state index in [1.54, 1.807) is 48.1 Å². The zero-order valence-electron chi connectivity index (χ0n) is 17.3. The lowest BCUT2D eigenvalue weighted by Crippen LogP contribution is -2.09. The van der Waals surface area contributed by atoms with Gasteiger partial charge in [0, 0.05) is 0 Å². The highest BCUT2D eigenvalue weighted by Crippen LogP contribution is 2.35. The van der Waals surface area contributed by atoms with Crippen molar-refractivity contribution in [2.24, 2.45) is 0 Å². The van der Waals surface area contributed by atoms with E-state index >= 15 is 0 Å². The highest BCUT2D eigenvalue weighted by atomic mass is 32.2. The molecule has 0 spiro atoms. The van der Waals surface area contributed by atoms with E-state index in [4.69, 9.17) is 15.5 Å². The number of hydrogen-bond donors (Lipinski definition) is 1. The lowest BCUT2D eigenvalue weighted by molar-refractivity contribution is 0.414. The summed E-state index contributed by atoms with van der Waals surface area (Å²) >= 11 is 0. The molecule has 2 aromatic heterocycles. The van der Waals surface area contributed by atoms with Crippen LogP contribution in [0.2, 0.25) is 0 Å². The number of nitrogens with two attached hydrogens (primary N) is 1. The average Bonchev–Trinajstić information content (AvgIpc) is 3.09. The highest BCUT2D eigenvalue weighted by molar-refractivity contribution is 7.92. The topological polar surface area (TPSA) is 100 Å². The van der Waals surface area contributed by atoms with Gasteiger partial charge in [-0.15, -0.1) is 0 Å². The number of para-hydroxylation sites is 2. The molecule has 0 saturated heterocycles. The molecule has 0 aliphatic rings. The van der Waals surface area contributed by atoms with E-state index in [2.05, 4.69) is 4.98 Å². The minimum Gasteiger partial charge on any atom is -0.497 e. The number of methoxy groups -OCH3 is 1. The van der Waals surface area contributed by atoms with Crippen LogP contribution in [0.25, 0.3) is 22.2 Å². The molecular weight excluding hydrogens is 424 g/mol. The minimum absolute atomic E-state index is 0.0227. The lowest BCUT2D eigenvalue weighted by Gasteiger charge is -2.09. The van der Waals surface area contributed by atoms with Crippen LogP contribution in [-0.4, -0.2) is 30.1 Å². The molecule has 5 aromatic rings. The first-order valence-corrected chi connectivity index (χ1v) is 11.4. The molecule has 0 aliphatic heterocycles. The molecule has 32 heavy (non-hydrogen) atoms. The van der Waals surface area contributed by atoms with E-state index in [9.17, 15) is 8.42 Å². The number of sulfone groups is 1. The summed E-state index contributed by atoms with van der Waals surface area (Å²) in [5.41, 5.74) is 9.36. The van der Waals surface area contributed by atoms with Gasteiger partial charge >= 0.3 is 0 Å². The second-order valence-electron chi connectivity index (χ2n) is 7.35. The molecule has 0 atom stereocenters. The van der Waals surface area contributed by atoms with Gasteiger partial charge in [-0.25, -0.2) is 18.4 Å². The molecule has 0 radical (unpaired) electrons. The Labute approximate surface area is 185 Å². The Morgan fingerprint density at radius 1 is 0.875 bits per heavy atom. The van der Waals surface area contributed by atoms with Crippen molar-refractivity contribution >= 4 is 37.9 Å². The monoisotopic (exact) mass is 444 g/mol. The summed E-state index contributed by atoms with van der Waals surface area (Å²) in [7, 11) is -2.31. The molecule has 0 aliphatic carbocycles. The second-order valence-corrected chi connectivity index (χ2v) is 9.24. The molecule has 160 valence electrons. The van der Waals surface area contributed by atoms with Crippen molar-refractivity contribution in [1.29, 1.82) is 0 Å². The van der Waals surface area contributed by atoms with Crippen LogP contribution >= 0.6 is 0 Å². The van der Waals surface area contributed by atoms with E-state index in [1.165, 1.54) is 0 Å². The smallest absolute Gasteiger partial charge is 0.212 e. The van der Waals surface area contributed by atoms with Crippen molar-refractivity contribution in [2.45, 2.75) is 16.3 Å². The van der Waals surface area contributed by atoms with Gasteiger partial charge in [0.2, 0.25) is 9.84 Å². The van der Waals surface area contributed by atoms with Crippen LogP contribution in [0, 0.1) is 0 Å². The van der Waals surface area contributed by atoms with Crippen molar-refractivity contribution in [1.82, 2.24) is 14.5 Å². The fourth-order valence-corrected chi connectivity index (χ4v) is 5.27. The van der Waals surface area contributed by atoms with Gasteiger partial charge in [0.15, 0.2) is 5.65 Å². The summed E-state index contributed by atoms with van der Waals surface area (Å²) in [5.74, 6) is 0.840. The third kappa shape index (κ3) is 3.25. The Morgan fingerprint density at radius 2 is 1.50 bits per heavy atom. The maximum Gasteiger partial charge on any atom is 0.212 e. The number of anilines is 1. The van der Waals surface area contributed by atoms with Crippen LogP contribution < -0.4 is 10.5 Å². The van der Waals surface area contributed by atoms with Crippen molar-refractivity contribution in [2.75, 3.05) is 12.8 Å². The molecule has 0 amide bonds. The average molecular weight is 445 g/mol. The fraction of sp³-hybridized carbons (Fsp3) is 0.0833. The number of fused-ring (bicyclic) bond motifs is 2. The molecular formula is C24H20N4O3S. The largest absolute Gasteiger partial charge is 0.497 e. The van der Waals surface area contributed by atoms with E-state index in [0.29, 0.717) is 23.2 Å². The van der Waals surface area contributed by atoms with Gasteiger partial charge in [0.05, 0.1) is 29.6 Å².